The van der Waals surface area contributed by atoms with Gasteiger partial charge in [-0.25, -0.2) is 0 Å². The summed E-state index contributed by atoms with van der Waals surface area (Å²) in [5.74, 6) is -0.938. The molecule has 1 fully saturated rings. The molecular weight excluding hydrogens is 291 g/mol. The second-order valence-electron chi connectivity index (χ2n) is 4.93. The third-order valence-electron chi connectivity index (χ3n) is 3.58. The topological polar surface area (TPSA) is 76.4 Å². The maximum Gasteiger partial charge on any atom is 1.00 e. The van der Waals surface area contributed by atoms with Gasteiger partial charge in [-0.3, -0.25) is 0 Å². The van der Waals surface area contributed by atoms with E-state index >= 15 is 0 Å². The van der Waals surface area contributed by atoms with Crippen LogP contribution in [-0.2, 0) is 4.79 Å². The van der Waals surface area contributed by atoms with Gasteiger partial charge in [0.05, 0.1) is 18.7 Å². The summed E-state index contributed by atoms with van der Waals surface area (Å²) < 4.78 is 5.31. The van der Waals surface area contributed by atoms with Gasteiger partial charge in [-0.15, -0.1) is 0 Å². The molecule has 0 bridgehead atoms. The average molecular weight is 308 g/mol. The predicted octanol–water partition coefficient (Wildman–Crippen LogP) is -1.65. The molecule has 0 radical (unpaired) electrons. The van der Waals surface area contributed by atoms with Crippen LogP contribution >= 0.6 is 0 Å². The Bertz CT molecular complexity index is 602. The minimum Gasteiger partial charge on any atom is -0.544 e. The molecule has 0 atom stereocenters. The maximum absolute atomic E-state index is 10.8. The standard InChI is InChI=1S/C16H18N2O3.Na/c1-21-15-10-14(18-7-3-2-4-8-18)6-5-12(15)9-13(11-17)16(19)20;/h5-6,9-10H,2-4,7-8H2,1H3,(H,19,20);/q;+1/p-1/b13-9+;. The number of carboxylic acid groups (broad SMARTS) is 1. The molecule has 1 aliphatic rings. The quantitative estimate of drug-likeness (QED) is 0.378. The molecule has 6 heteroatoms. The van der Waals surface area contributed by atoms with Crippen molar-refractivity contribution in [2.45, 2.75) is 19.3 Å². The van der Waals surface area contributed by atoms with E-state index in [1.165, 1.54) is 32.4 Å². The summed E-state index contributed by atoms with van der Waals surface area (Å²) in [7, 11) is 1.53. The van der Waals surface area contributed by atoms with Crippen LogP contribution in [-0.4, -0.2) is 26.2 Å². The van der Waals surface area contributed by atoms with Gasteiger partial charge in [-0.05, 0) is 37.5 Å². The number of anilines is 1. The van der Waals surface area contributed by atoms with Gasteiger partial charge in [0.2, 0.25) is 0 Å². The molecule has 1 saturated heterocycles. The number of benzene rings is 1. The Morgan fingerprint density at radius 1 is 1.36 bits per heavy atom. The average Bonchev–Trinajstić information content (AvgIpc) is 2.53. The molecule has 1 aliphatic heterocycles. The number of nitriles is 1. The Morgan fingerprint density at radius 3 is 2.59 bits per heavy atom. The Hall–Kier alpha value is -1.48. The van der Waals surface area contributed by atoms with Crippen LogP contribution in [0.3, 0.4) is 0 Å². The van der Waals surface area contributed by atoms with Crippen molar-refractivity contribution in [3.05, 3.63) is 29.3 Å². The molecule has 0 aromatic heterocycles. The fourth-order valence-electron chi connectivity index (χ4n) is 2.46. The minimum atomic E-state index is -1.49. The molecule has 0 spiro atoms. The zero-order valence-electron chi connectivity index (χ0n) is 13.0. The van der Waals surface area contributed by atoms with Gasteiger partial charge in [0, 0.05) is 30.4 Å². The van der Waals surface area contributed by atoms with Crippen molar-refractivity contribution in [2.24, 2.45) is 0 Å². The van der Waals surface area contributed by atoms with Gasteiger partial charge >= 0.3 is 29.6 Å². The molecule has 1 heterocycles. The summed E-state index contributed by atoms with van der Waals surface area (Å²) in [6, 6.07) is 7.18. The van der Waals surface area contributed by atoms with E-state index < -0.39 is 11.5 Å². The number of carbonyl (C=O) groups excluding carboxylic acids is 1. The third-order valence-corrected chi connectivity index (χ3v) is 3.58. The molecule has 0 amide bonds. The van der Waals surface area contributed by atoms with Gasteiger partial charge in [0.15, 0.2) is 0 Å². The first-order valence-corrected chi connectivity index (χ1v) is 6.92. The zero-order valence-corrected chi connectivity index (χ0v) is 15.0. The summed E-state index contributed by atoms with van der Waals surface area (Å²) in [6.45, 7) is 2.03. The third kappa shape index (κ3) is 4.51. The van der Waals surface area contributed by atoms with Crippen LogP contribution in [0.15, 0.2) is 23.8 Å². The Morgan fingerprint density at radius 2 is 2.05 bits per heavy atom. The predicted molar refractivity (Wildman–Crippen MR) is 77.7 cm³/mol. The van der Waals surface area contributed by atoms with E-state index in [-0.39, 0.29) is 29.6 Å². The summed E-state index contributed by atoms with van der Waals surface area (Å²) in [5, 5.41) is 19.6. The van der Waals surface area contributed by atoms with E-state index in [0.717, 1.165) is 18.8 Å². The van der Waals surface area contributed by atoms with Crippen LogP contribution in [0.5, 0.6) is 5.75 Å². The number of methoxy groups -OCH3 is 1. The smallest absolute Gasteiger partial charge is 0.544 e. The fourth-order valence-corrected chi connectivity index (χ4v) is 2.46. The van der Waals surface area contributed by atoms with E-state index in [1.54, 1.807) is 12.1 Å². The van der Waals surface area contributed by atoms with Gasteiger partial charge in [0.25, 0.3) is 0 Å². The largest absolute Gasteiger partial charge is 1.00 e. The summed E-state index contributed by atoms with van der Waals surface area (Å²) in [4.78, 5) is 13.1. The summed E-state index contributed by atoms with van der Waals surface area (Å²) in [5.41, 5.74) is 1.19. The first-order chi connectivity index (χ1) is 10.2. The zero-order chi connectivity index (χ0) is 15.2. The second-order valence-corrected chi connectivity index (χ2v) is 4.93. The second kappa shape index (κ2) is 8.84. The molecule has 1 aromatic rings. The van der Waals surface area contributed by atoms with Crippen molar-refractivity contribution in [1.82, 2.24) is 0 Å². The van der Waals surface area contributed by atoms with Crippen molar-refractivity contribution in [3.63, 3.8) is 0 Å². The molecule has 0 N–H and O–H groups in total. The number of hydrogen-bond acceptors (Lipinski definition) is 5. The van der Waals surface area contributed by atoms with Crippen LogP contribution in [0.2, 0.25) is 0 Å². The molecule has 0 unspecified atom stereocenters. The van der Waals surface area contributed by atoms with Crippen LogP contribution in [0.4, 0.5) is 5.69 Å². The summed E-state index contributed by atoms with van der Waals surface area (Å²) >= 11 is 0. The fraction of sp³-hybridized carbons (Fsp3) is 0.375. The van der Waals surface area contributed by atoms with Crippen LogP contribution < -0.4 is 44.3 Å². The van der Waals surface area contributed by atoms with E-state index in [2.05, 4.69) is 4.90 Å². The minimum absolute atomic E-state index is 0. The van der Waals surface area contributed by atoms with Crippen LogP contribution in [0, 0.1) is 11.3 Å². The van der Waals surface area contributed by atoms with E-state index in [0.29, 0.717) is 11.3 Å². The molecule has 1 aromatic carbocycles. The van der Waals surface area contributed by atoms with Crippen LogP contribution in [0.1, 0.15) is 24.8 Å². The SMILES string of the molecule is COc1cc(N2CCCCC2)ccc1/C=C(\C#N)C(=O)[O-].[Na+]. The number of aliphatic carboxylic acids is 1. The van der Waals surface area contributed by atoms with Gasteiger partial charge in [-0.2, -0.15) is 5.26 Å². The molecule has 5 nitrogen and oxygen atoms in total. The van der Waals surface area contributed by atoms with Crippen molar-refractivity contribution >= 4 is 17.7 Å². The Kier molecular flexibility index (Phi) is 7.46. The number of nitrogens with zero attached hydrogens (tertiary/aromatic N) is 2. The number of ether oxygens (including phenoxy) is 1. The summed E-state index contributed by atoms with van der Waals surface area (Å²) in [6.07, 6.45) is 4.88. The molecular formula is C16H17N2NaO3. The normalized spacial score (nSPS) is 14.7. The van der Waals surface area contributed by atoms with E-state index in [9.17, 15) is 9.90 Å². The van der Waals surface area contributed by atoms with Gasteiger partial charge in [-0.1, -0.05) is 0 Å². The first kappa shape index (κ1) is 18.6. The van der Waals surface area contributed by atoms with Crippen molar-refractivity contribution in [2.75, 3.05) is 25.1 Å². The van der Waals surface area contributed by atoms with Crippen molar-refractivity contribution < 1.29 is 44.2 Å². The van der Waals surface area contributed by atoms with Gasteiger partial charge in [0.1, 0.15) is 11.8 Å². The molecule has 22 heavy (non-hydrogen) atoms. The van der Waals surface area contributed by atoms with E-state index in [1.807, 2.05) is 12.1 Å². The molecule has 0 saturated carbocycles. The Labute approximate surface area is 152 Å². The molecule has 0 aliphatic carbocycles. The maximum atomic E-state index is 10.8. The van der Waals surface area contributed by atoms with Gasteiger partial charge < -0.3 is 19.5 Å². The number of hydrogen-bond donors (Lipinski definition) is 0. The molecule has 2 rings (SSSR count). The number of carboxylic acids is 1. The molecule has 110 valence electrons. The van der Waals surface area contributed by atoms with Crippen molar-refractivity contribution in [1.29, 1.82) is 5.26 Å². The van der Waals surface area contributed by atoms with Crippen molar-refractivity contribution in [3.8, 4) is 11.8 Å². The number of carbonyl (C=O) groups is 1. The Balaban J connectivity index is 0.00000242. The number of rotatable bonds is 4. The van der Waals surface area contributed by atoms with Crippen LogP contribution in [0.25, 0.3) is 6.08 Å². The van der Waals surface area contributed by atoms with E-state index in [4.69, 9.17) is 10.00 Å². The monoisotopic (exact) mass is 308 g/mol. The first-order valence-electron chi connectivity index (χ1n) is 6.92. The number of piperidine rings is 1.